The number of aryl methyl sites for hydroxylation is 2. The van der Waals surface area contributed by atoms with E-state index in [4.69, 9.17) is 0 Å². The lowest BCUT2D eigenvalue weighted by Gasteiger charge is -2.11. The van der Waals surface area contributed by atoms with Crippen molar-refractivity contribution in [2.75, 3.05) is 19.6 Å². The standard InChI is InChI=1S/C15H24N6S.HI/c1-4-16-15(17-6-5-14-11-22-13(3)20-14)18-7-8-21-10-12(2)9-19-21;/h9-11H,4-8H2,1-3H3,(H2,16,17,18);1H. The van der Waals surface area contributed by atoms with Crippen LogP contribution in [-0.2, 0) is 13.0 Å². The van der Waals surface area contributed by atoms with Crippen LogP contribution in [0.15, 0.2) is 22.8 Å². The Morgan fingerprint density at radius 3 is 2.78 bits per heavy atom. The first-order valence-electron chi connectivity index (χ1n) is 7.59. The summed E-state index contributed by atoms with van der Waals surface area (Å²) in [6, 6.07) is 0. The van der Waals surface area contributed by atoms with Gasteiger partial charge in [0.1, 0.15) is 0 Å². The lowest BCUT2D eigenvalue weighted by atomic mass is 10.3. The van der Waals surface area contributed by atoms with E-state index in [9.17, 15) is 0 Å². The predicted octanol–water partition coefficient (Wildman–Crippen LogP) is 2.37. The van der Waals surface area contributed by atoms with Gasteiger partial charge in [-0.15, -0.1) is 35.3 Å². The van der Waals surface area contributed by atoms with Crippen LogP contribution in [0.5, 0.6) is 0 Å². The monoisotopic (exact) mass is 448 g/mol. The van der Waals surface area contributed by atoms with E-state index in [0.717, 1.165) is 49.3 Å². The SMILES string of the molecule is CCNC(=NCCc1csc(C)n1)NCCn1cc(C)cn1.I. The molecule has 0 radical (unpaired) electrons. The number of aromatic nitrogens is 3. The summed E-state index contributed by atoms with van der Waals surface area (Å²) in [4.78, 5) is 9.04. The van der Waals surface area contributed by atoms with Gasteiger partial charge in [-0.25, -0.2) is 4.98 Å². The van der Waals surface area contributed by atoms with Crippen molar-refractivity contribution in [3.63, 3.8) is 0 Å². The maximum Gasteiger partial charge on any atom is 0.191 e. The minimum atomic E-state index is 0. The summed E-state index contributed by atoms with van der Waals surface area (Å²) in [5.41, 5.74) is 2.30. The molecule has 6 nitrogen and oxygen atoms in total. The van der Waals surface area contributed by atoms with Gasteiger partial charge in [0.25, 0.3) is 0 Å². The molecule has 0 bridgehead atoms. The number of nitrogens with one attached hydrogen (secondary N) is 2. The third-order valence-corrected chi connectivity index (χ3v) is 3.87. The van der Waals surface area contributed by atoms with E-state index in [1.165, 1.54) is 5.56 Å². The Hall–Kier alpha value is -1.16. The fraction of sp³-hybridized carbons (Fsp3) is 0.533. The van der Waals surface area contributed by atoms with Gasteiger partial charge in [-0.1, -0.05) is 0 Å². The highest BCUT2D eigenvalue weighted by Gasteiger charge is 2.00. The zero-order chi connectivity index (χ0) is 15.8. The van der Waals surface area contributed by atoms with Crippen molar-refractivity contribution in [1.82, 2.24) is 25.4 Å². The molecule has 2 aromatic rings. The molecular formula is C15H25IN6S. The van der Waals surface area contributed by atoms with Crippen molar-refractivity contribution in [3.8, 4) is 0 Å². The first kappa shape index (κ1) is 19.9. The van der Waals surface area contributed by atoms with Crippen LogP contribution in [0.4, 0.5) is 0 Å². The van der Waals surface area contributed by atoms with Crippen molar-refractivity contribution in [1.29, 1.82) is 0 Å². The topological polar surface area (TPSA) is 67.1 Å². The third kappa shape index (κ3) is 7.30. The third-order valence-electron chi connectivity index (χ3n) is 3.04. The molecule has 0 unspecified atom stereocenters. The lowest BCUT2D eigenvalue weighted by molar-refractivity contribution is 0.597. The Morgan fingerprint density at radius 2 is 2.17 bits per heavy atom. The predicted molar refractivity (Wildman–Crippen MR) is 107 cm³/mol. The van der Waals surface area contributed by atoms with E-state index in [1.807, 2.05) is 30.9 Å². The summed E-state index contributed by atoms with van der Waals surface area (Å²) < 4.78 is 1.93. The van der Waals surface area contributed by atoms with Crippen LogP contribution in [0, 0.1) is 13.8 Å². The number of halogens is 1. The van der Waals surface area contributed by atoms with Gasteiger partial charge in [0.2, 0.25) is 0 Å². The number of hydrogen-bond acceptors (Lipinski definition) is 4. The molecule has 0 atom stereocenters. The van der Waals surface area contributed by atoms with Crippen LogP contribution in [0.25, 0.3) is 0 Å². The molecule has 0 saturated carbocycles. The molecule has 23 heavy (non-hydrogen) atoms. The maximum atomic E-state index is 4.58. The molecule has 0 saturated heterocycles. The first-order valence-corrected chi connectivity index (χ1v) is 8.47. The molecule has 2 heterocycles. The van der Waals surface area contributed by atoms with E-state index in [1.54, 1.807) is 11.3 Å². The van der Waals surface area contributed by atoms with E-state index < -0.39 is 0 Å². The largest absolute Gasteiger partial charge is 0.357 e. The van der Waals surface area contributed by atoms with Crippen molar-refractivity contribution in [2.45, 2.75) is 33.7 Å². The lowest BCUT2D eigenvalue weighted by Crippen LogP contribution is -2.39. The van der Waals surface area contributed by atoms with Gasteiger partial charge in [-0.2, -0.15) is 5.10 Å². The van der Waals surface area contributed by atoms with Crippen molar-refractivity contribution >= 4 is 41.3 Å². The van der Waals surface area contributed by atoms with Gasteiger partial charge in [0, 0.05) is 37.6 Å². The van der Waals surface area contributed by atoms with E-state index in [-0.39, 0.29) is 24.0 Å². The molecule has 0 aromatic carbocycles. The van der Waals surface area contributed by atoms with Crippen LogP contribution in [0.1, 0.15) is 23.2 Å². The summed E-state index contributed by atoms with van der Waals surface area (Å²) in [7, 11) is 0. The first-order chi connectivity index (χ1) is 10.7. The van der Waals surface area contributed by atoms with Crippen LogP contribution >= 0.6 is 35.3 Å². The molecule has 0 aliphatic rings. The van der Waals surface area contributed by atoms with Gasteiger partial charge < -0.3 is 10.6 Å². The molecule has 2 rings (SSSR count). The van der Waals surface area contributed by atoms with Crippen molar-refractivity contribution < 1.29 is 0 Å². The molecule has 8 heteroatoms. The zero-order valence-corrected chi connectivity index (χ0v) is 17.0. The quantitative estimate of drug-likeness (QED) is 0.388. The summed E-state index contributed by atoms with van der Waals surface area (Å²) in [6.07, 6.45) is 4.78. The number of rotatable bonds is 7. The summed E-state index contributed by atoms with van der Waals surface area (Å²) >= 11 is 1.69. The Balaban J connectivity index is 0.00000264. The number of nitrogens with zero attached hydrogens (tertiary/aromatic N) is 4. The van der Waals surface area contributed by atoms with Gasteiger partial charge in [0.05, 0.1) is 23.4 Å². The Morgan fingerprint density at radius 1 is 1.35 bits per heavy atom. The van der Waals surface area contributed by atoms with Crippen LogP contribution in [0.3, 0.4) is 0 Å². The van der Waals surface area contributed by atoms with Crippen molar-refractivity contribution in [3.05, 3.63) is 34.0 Å². The second-order valence-electron chi connectivity index (χ2n) is 5.08. The van der Waals surface area contributed by atoms with Crippen LogP contribution in [0.2, 0.25) is 0 Å². The summed E-state index contributed by atoms with van der Waals surface area (Å²) in [5.74, 6) is 0.846. The van der Waals surface area contributed by atoms with Crippen LogP contribution < -0.4 is 10.6 Å². The number of hydrogen-bond donors (Lipinski definition) is 2. The fourth-order valence-electron chi connectivity index (χ4n) is 2.03. The molecule has 2 aromatic heterocycles. The molecule has 0 aliphatic carbocycles. The molecule has 0 amide bonds. The highest BCUT2D eigenvalue weighted by molar-refractivity contribution is 14.0. The summed E-state index contributed by atoms with van der Waals surface area (Å²) in [6.45, 7) is 9.34. The number of thiazole rings is 1. The maximum absolute atomic E-state index is 4.58. The molecule has 2 N–H and O–H groups in total. The molecule has 0 fully saturated rings. The van der Waals surface area contributed by atoms with Gasteiger partial charge in [-0.3, -0.25) is 9.67 Å². The average Bonchev–Trinajstić information content (AvgIpc) is 3.08. The number of aliphatic imine (C=N–C) groups is 1. The van der Waals surface area contributed by atoms with Crippen molar-refractivity contribution in [2.24, 2.45) is 4.99 Å². The summed E-state index contributed by atoms with van der Waals surface area (Å²) in [5, 5.41) is 14.1. The Kier molecular flexibility index (Phi) is 9.15. The highest BCUT2D eigenvalue weighted by atomic mass is 127. The van der Waals surface area contributed by atoms with Gasteiger partial charge in [0.15, 0.2) is 5.96 Å². The second kappa shape index (κ2) is 10.6. The Bertz CT molecular complexity index is 607. The van der Waals surface area contributed by atoms with E-state index >= 15 is 0 Å². The molecule has 128 valence electrons. The second-order valence-corrected chi connectivity index (χ2v) is 6.14. The zero-order valence-electron chi connectivity index (χ0n) is 13.9. The van der Waals surface area contributed by atoms with Gasteiger partial charge in [-0.05, 0) is 26.3 Å². The molecular weight excluding hydrogens is 423 g/mol. The minimum Gasteiger partial charge on any atom is -0.357 e. The normalized spacial score (nSPS) is 11.2. The fourth-order valence-corrected chi connectivity index (χ4v) is 2.67. The molecule has 0 aliphatic heterocycles. The van der Waals surface area contributed by atoms with E-state index in [2.05, 4.69) is 38.0 Å². The van der Waals surface area contributed by atoms with E-state index in [0.29, 0.717) is 0 Å². The number of guanidine groups is 1. The Labute approximate surface area is 158 Å². The highest BCUT2D eigenvalue weighted by Crippen LogP contribution is 2.08. The van der Waals surface area contributed by atoms with Crippen LogP contribution in [-0.4, -0.2) is 40.4 Å². The minimum absolute atomic E-state index is 0. The van der Waals surface area contributed by atoms with Gasteiger partial charge >= 0.3 is 0 Å². The smallest absolute Gasteiger partial charge is 0.191 e. The average molecular weight is 448 g/mol. The molecule has 0 spiro atoms.